The third kappa shape index (κ3) is 2.39. The van der Waals surface area contributed by atoms with Crippen molar-refractivity contribution in [2.24, 2.45) is 0 Å². The minimum absolute atomic E-state index is 0.0548. The Morgan fingerprint density at radius 2 is 2.33 bits per heavy atom. The lowest BCUT2D eigenvalue weighted by atomic mass is 9.74. The average Bonchev–Trinajstić information content (AvgIpc) is 2.26. The number of aromatic nitrogens is 1. The maximum atomic E-state index is 10.8. The normalized spacial score (nSPS) is 16.7. The van der Waals surface area contributed by atoms with E-state index in [1.54, 1.807) is 0 Å². The van der Waals surface area contributed by atoms with Crippen molar-refractivity contribution in [3.05, 3.63) is 28.4 Å². The number of hydrogen-bond acceptors (Lipinski definition) is 5. The van der Waals surface area contributed by atoms with Crippen molar-refractivity contribution in [3.63, 3.8) is 0 Å². The van der Waals surface area contributed by atoms with Gasteiger partial charge in [0.15, 0.2) is 0 Å². The Balaban J connectivity index is 2.22. The molecule has 0 aliphatic heterocycles. The maximum absolute atomic E-state index is 10.8. The summed E-state index contributed by atoms with van der Waals surface area (Å²) in [5.41, 5.74) is -0.723. The lowest BCUT2D eigenvalue weighted by Gasteiger charge is -2.41. The highest BCUT2D eigenvalue weighted by molar-refractivity contribution is 5.70. The Morgan fingerprint density at radius 1 is 1.61 bits per heavy atom. The molecule has 7 nitrogen and oxygen atoms in total. The molecule has 0 aromatic carbocycles. The van der Waals surface area contributed by atoms with Crippen LogP contribution in [0.25, 0.3) is 0 Å². The monoisotopic (exact) mass is 251 g/mol. The summed E-state index contributed by atoms with van der Waals surface area (Å²) < 4.78 is 0. The van der Waals surface area contributed by atoms with Crippen molar-refractivity contribution in [1.29, 1.82) is 0 Å². The molecular formula is C11H13N3O4. The van der Waals surface area contributed by atoms with E-state index in [-0.39, 0.29) is 17.9 Å². The van der Waals surface area contributed by atoms with E-state index in [2.05, 4.69) is 10.3 Å². The molecule has 1 aromatic rings. The van der Waals surface area contributed by atoms with Crippen LogP contribution in [0, 0.1) is 10.1 Å². The van der Waals surface area contributed by atoms with Gasteiger partial charge in [-0.25, -0.2) is 4.98 Å². The van der Waals surface area contributed by atoms with Gasteiger partial charge >= 0.3 is 11.7 Å². The van der Waals surface area contributed by atoms with Gasteiger partial charge in [0, 0.05) is 17.8 Å². The second-order valence-electron chi connectivity index (χ2n) is 4.46. The van der Waals surface area contributed by atoms with Crippen molar-refractivity contribution in [2.45, 2.75) is 31.2 Å². The predicted octanol–water partition coefficient (Wildman–Crippen LogP) is 1.80. The van der Waals surface area contributed by atoms with Gasteiger partial charge in [0.25, 0.3) is 0 Å². The zero-order valence-corrected chi connectivity index (χ0v) is 9.63. The van der Waals surface area contributed by atoms with E-state index >= 15 is 0 Å². The molecule has 0 saturated heterocycles. The maximum Gasteiger partial charge on any atom is 0.311 e. The molecule has 96 valence electrons. The smallest absolute Gasteiger partial charge is 0.311 e. The van der Waals surface area contributed by atoms with Gasteiger partial charge in [0.05, 0.1) is 11.3 Å². The van der Waals surface area contributed by atoms with Crippen LogP contribution in [0.5, 0.6) is 0 Å². The molecule has 0 radical (unpaired) electrons. The van der Waals surface area contributed by atoms with E-state index in [0.717, 1.165) is 6.42 Å². The number of nitrogens with zero attached hydrogens (tertiary/aromatic N) is 2. The molecule has 0 amide bonds. The Morgan fingerprint density at radius 3 is 2.83 bits per heavy atom. The minimum Gasteiger partial charge on any atom is -0.481 e. The molecule has 0 unspecified atom stereocenters. The summed E-state index contributed by atoms with van der Waals surface area (Å²) in [6.07, 6.45) is 3.68. The van der Waals surface area contributed by atoms with E-state index in [1.165, 1.54) is 18.3 Å². The molecule has 2 N–H and O–H groups in total. The summed E-state index contributed by atoms with van der Waals surface area (Å²) in [5, 5.41) is 22.7. The van der Waals surface area contributed by atoms with Crippen LogP contribution in [-0.2, 0) is 4.79 Å². The second-order valence-corrected chi connectivity index (χ2v) is 4.46. The highest BCUT2D eigenvalue weighted by Crippen LogP contribution is 2.39. The molecular weight excluding hydrogens is 238 g/mol. The van der Waals surface area contributed by atoms with E-state index in [1.807, 2.05) is 0 Å². The van der Waals surface area contributed by atoms with Gasteiger partial charge in [-0.1, -0.05) is 0 Å². The summed E-state index contributed by atoms with van der Waals surface area (Å²) in [4.78, 5) is 25.1. The van der Waals surface area contributed by atoms with Gasteiger partial charge in [-0.05, 0) is 25.3 Å². The summed E-state index contributed by atoms with van der Waals surface area (Å²) in [5.74, 6) is -0.774. The number of nitrogens with one attached hydrogen (secondary N) is 1. The van der Waals surface area contributed by atoms with E-state index in [0.29, 0.717) is 12.8 Å². The third-order valence-corrected chi connectivity index (χ3v) is 3.17. The van der Waals surface area contributed by atoms with E-state index < -0.39 is 16.4 Å². The van der Waals surface area contributed by atoms with Crippen LogP contribution >= 0.6 is 0 Å². The summed E-state index contributed by atoms with van der Waals surface area (Å²) in [6.45, 7) is 0. The topological polar surface area (TPSA) is 105 Å². The zero-order chi connectivity index (χ0) is 13.2. The fourth-order valence-corrected chi connectivity index (χ4v) is 2.13. The van der Waals surface area contributed by atoms with Crippen molar-refractivity contribution in [1.82, 2.24) is 4.98 Å². The van der Waals surface area contributed by atoms with Crippen LogP contribution in [-0.4, -0.2) is 26.5 Å². The molecule has 1 heterocycles. The van der Waals surface area contributed by atoms with Gasteiger partial charge in [-0.2, -0.15) is 0 Å². The standard InChI is InChI=1S/C11H13N3O4/c15-9(16)7-11(4-2-5-11)13-10-8(14(17)18)3-1-6-12-10/h1,3,6H,2,4-5,7H2,(H,12,13)(H,15,16). The fourth-order valence-electron chi connectivity index (χ4n) is 2.13. The first-order valence-electron chi connectivity index (χ1n) is 5.62. The highest BCUT2D eigenvalue weighted by Gasteiger charge is 2.40. The molecule has 1 fully saturated rings. The van der Waals surface area contributed by atoms with Crippen molar-refractivity contribution >= 4 is 17.5 Å². The minimum atomic E-state index is -0.916. The van der Waals surface area contributed by atoms with Crippen molar-refractivity contribution in [2.75, 3.05) is 5.32 Å². The lowest BCUT2D eigenvalue weighted by molar-refractivity contribution is -0.384. The number of pyridine rings is 1. The number of rotatable bonds is 5. The molecule has 0 atom stereocenters. The molecule has 1 saturated carbocycles. The molecule has 1 aliphatic carbocycles. The second kappa shape index (κ2) is 4.59. The average molecular weight is 251 g/mol. The van der Waals surface area contributed by atoms with Gasteiger partial charge in [0.2, 0.25) is 5.82 Å². The van der Waals surface area contributed by atoms with E-state index in [4.69, 9.17) is 5.11 Å². The van der Waals surface area contributed by atoms with Crippen LogP contribution in [0.15, 0.2) is 18.3 Å². The van der Waals surface area contributed by atoms with Crippen LogP contribution in [0.4, 0.5) is 11.5 Å². The van der Waals surface area contributed by atoms with Gasteiger partial charge in [0.1, 0.15) is 0 Å². The Hall–Kier alpha value is -2.18. The number of anilines is 1. The van der Waals surface area contributed by atoms with Crippen LogP contribution in [0.2, 0.25) is 0 Å². The van der Waals surface area contributed by atoms with Gasteiger partial charge in [-0.15, -0.1) is 0 Å². The van der Waals surface area contributed by atoms with Crippen LogP contribution < -0.4 is 5.32 Å². The molecule has 7 heteroatoms. The molecule has 0 spiro atoms. The zero-order valence-electron chi connectivity index (χ0n) is 9.63. The van der Waals surface area contributed by atoms with E-state index in [9.17, 15) is 14.9 Å². The predicted molar refractivity (Wildman–Crippen MR) is 63.3 cm³/mol. The Kier molecular flexibility index (Phi) is 3.14. The van der Waals surface area contributed by atoms with Crippen molar-refractivity contribution in [3.8, 4) is 0 Å². The third-order valence-electron chi connectivity index (χ3n) is 3.17. The Bertz CT molecular complexity index is 485. The molecule has 0 bridgehead atoms. The number of hydrogen-bond donors (Lipinski definition) is 2. The van der Waals surface area contributed by atoms with Gasteiger partial charge < -0.3 is 10.4 Å². The lowest BCUT2D eigenvalue weighted by Crippen LogP contribution is -2.47. The SMILES string of the molecule is O=C(O)CC1(Nc2ncccc2[N+](=O)[O-])CCC1. The van der Waals surface area contributed by atoms with Crippen LogP contribution in [0.3, 0.4) is 0 Å². The summed E-state index contributed by atoms with van der Waals surface area (Å²) >= 11 is 0. The number of carboxylic acids is 1. The molecule has 1 aromatic heterocycles. The van der Waals surface area contributed by atoms with Crippen molar-refractivity contribution < 1.29 is 14.8 Å². The largest absolute Gasteiger partial charge is 0.481 e. The first-order chi connectivity index (χ1) is 8.52. The number of aliphatic carboxylic acids is 1. The van der Waals surface area contributed by atoms with Gasteiger partial charge in [-0.3, -0.25) is 14.9 Å². The van der Waals surface area contributed by atoms with Crippen LogP contribution in [0.1, 0.15) is 25.7 Å². The number of carboxylic acid groups (broad SMARTS) is 1. The summed E-state index contributed by atoms with van der Waals surface area (Å²) in [6, 6.07) is 2.83. The fraction of sp³-hybridized carbons (Fsp3) is 0.455. The quantitative estimate of drug-likeness (QED) is 0.610. The number of carbonyl (C=O) groups is 1. The first-order valence-corrected chi connectivity index (χ1v) is 5.62. The molecule has 18 heavy (non-hydrogen) atoms. The number of nitro groups is 1. The molecule has 1 aliphatic rings. The summed E-state index contributed by atoms with van der Waals surface area (Å²) in [7, 11) is 0. The highest BCUT2D eigenvalue weighted by atomic mass is 16.6. The molecule has 2 rings (SSSR count). The first kappa shape index (κ1) is 12.3. The Labute approximate surface area is 103 Å².